The summed E-state index contributed by atoms with van der Waals surface area (Å²) in [5.41, 5.74) is -0.852. The molecule has 1 atom stereocenters. The van der Waals surface area contributed by atoms with E-state index in [0.717, 1.165) is 13.5 Å². The molecular weight excluding hydrogens is 298 g/mol. The van der Waals surface area contributed by atoms with Crippen LogP contribution in [0.3, 0.4) is 0 Å². The number of piperidine rings is 1. The van der Waals surface area contributed by atoms with Crippen molar-refractivity contribution in [1.82, 2.24) is 4.31 Å². The van der Waals surface area contributed by atoms with Crippen molar-refractivity contribution in [1.29, 1.82) is 0 Å². The zero-order valence-corrected chi connectivity index (χ0v) is 13.5. The van der Waals surface area contributed by atoms with Gasteiger partial charge in [-0.05, 0) is 26.2 Å². The second kappa shape index (κ2) is 6.74. The highest BCUT2D eigenvalue weighted by Gasteiger charge is 2.45. The maximum absolute atomic E-state index is 12.3. The van der Waals surface area contributed by atoms with Gasteiger partial charge in [0.25, 0.3) is 0 Å². The zero-order chi connectivity index (χ0) is 16.3. The second-order valence-electron chi connectivity index (χ2n) is 5.44. The third-order valence-corrected chi connectivity index (χ3v) is 6.37. The molecule has 1 heterocycles. The number of rotatable bonds is 6. The number of aliphatic carboxylic acids is 1. The number of hydrogen-bond acceptors (Lipinski definition) is 5. The Hall–Kier alpha value is -1.15. The molecule has 1 fully saturated rings. The minimum atomic E-state index is -3.80. The number of ether oxygens (including phenoxy) is 1. The fraction of sp³-hybridized carbons (Fsp3) is 0.846. The lowest BCUT2D eigenvalue weighted by Gasteiger charge is -2.38. The molecule has 1 unspecified atom stereocenters. The molecule has 0 spiro atoms. The fourth-order valence-electron chi connectivity index (χ4n) is 2.73. The van der Waals surface area contributed by atoms with Crippen LogP contribution < -0.4 is 0 Å². The van der Waals surface area contributed by atoms with Crippen LogP contribution in [0, 0.1) is 5.41 Å². The Kier molecular flexibility index (Phi) is 5.75. The van der Waals surface area contributed by atoms with Gasteiger partial charge in [-0.15, -0.1) is 0 Å². The van der Waals surface area contributed by atoms with E-state index in [0.29, 0.717) is 6.42 Å². The Morgan fingerprint density at radius 2 is 1.86 bits per heavy atom. The van der Waals surface area contributed by atoms with Gasteiger partial charge in [0.15, 0.2) is 5.25 Å². The van der Waals surface area contributed by atoms with Gasteiger partial charge in [0.2, 0.25) is 10.0 Å². The third-order valence-electron chi connectivity index (χ3n) is 4.20. The number of esters is 1. The second-order valence-corrected chi connectivity index (χ2v) is 7.70. The first-order valence-corrected chi connectivity index (χ1v) is 8.52. The lowest BCUT2D eigenvalue weighted by Crippen LogP contribution is -2.49. The van der Waals surface area contributed by atoms with Crippen LogP contribution in [0.15, 0.2) is 0 Å². The van der Waals surface area contributed by atoms with Crippen LogP contribution in [0.5, 0.6) is 0 Å². The van der Waals surface area contributed by atoms with Crippen LogP contribution in [0.25, 0.3) is 0 Å². The molecule has 0 aliphatic carbocycles. The van der Waals surface area contributed by atoms with Crippen molar-refractivity contribution in [2.75, 3.05) is 20.2 Å². The van der Waals surface area contributed by atoms with Crippen LogP contribution in [0.2, 0.25) is 0 Å². The van der Waals surface area contributed by atoms with Gasteiger partial charge in [0.05, 0.1) is 12.5 Å². The Balaban J connectivity index is 2.84. The Bertz CT molecular complexity index is 493. The van der Waals surface area contributed by atoms with Crippen LogP contribution >= 0.6 is 0 Å². The largest absolute Gasteiger partial charge is 0.481 e. The number of carbonyl (C=O) groups is 2. The number of carbonyl (C=O) groups excluding carboxylic acids is 1. The highest BCUT2D eigenvalue weighted by Crippen LogP contribution is 2.37. The summed E-state index contributed by atoms with van der Waals surface area (Å²) in [6.45, 7) is 3.44. The quantitative estimate of drug-likeness (QED) is 0.728. The summed E-state index contributed by atoms with van der Waals surface area (Å²) in [5.74, 6) is -1.68. The summed E-state index contributed by atoms with van der Waals surface area (Å²) >= 11 is 0. The minimum Gasteiger partial charge on any atom is -0.481 e. The van der Waals surface area contributed by atoms with Gasteiger partial charge >= 0.3 is 11.9 Å². The summed E-state index contributed by atoms with van der Waals surface area (Å²) in [5, 5.41) is 8.13. The van der Waals surface area contributed by atoms with Crippen molar-refractivity contribution in [3.8, 4) is 0 Å². The molecular formula is C13H23NO6S. The summed E-state index contributed by atoms with van der Waals surface area (Å²) in [6, 6.07) is 0. The summed E-state index contributed by atoms with van der Waals surface area (Å²) < 4.78 is 30.3. The molecule has 0 aromatic rings. The minimum absolute atomic E-state index is 0.121. The van der Waals surface area contributed by atoms with E-state index in [1.807, 2.05) is 6.92 Å². The molecule has 1 rings (SSSR count). The number of carboxylic acids is 1. The van der Waals surface area contributed by atoms with Crippen LogP contribution in [-0.2, 0) is 24.3 Å². The first-order chi connectivity index (χ1) is 9.71. The molecule has 1 N–H and O–H groups in total. The van der Waals surface area contributed by atoms with E-state index < -0.39 is 32.6 Å². The topological polar surface area (TPSA) is 101 Å². The van der Waals surface area contributed by atoms with E-state index in [9.17, 15) is 23.1 Å². The molecule has 7 nitrogen and oxygen atoms in total. The predicted molar refractivity (Wildman–Crippen MR) is 76.2 cm³/mol. The summed E-state index contributed by atoms with van der Waals surface area (Å²) in [7, 11) is -2.66. The Morgan fingerprint density at radius 1 is 1.33 bits per heavy atom. The molecule has 1 aliphatic heterocycles. The van der Waals surface area contributed by atoms with E-state index in [-0.39, 0.29) is 25.9 Å². The van der Waals surface area contributed by atoms with Crippen molar-refractivity contribution in [2.24, 2.45) is 5.41 Å². The first kappa shape index (κ1) is 17.9. The zero-order valence-electron chi connectivity index (χ0n) is 12.7. The van der Waals surface area contributed by atoms with Crippen molar-refractivity contribution < 1.29 is 27.9 Å². The van der Waals surface area contributed by atoms with Crippen molar-refractivity contribution in [2.45, 2.75) is 44.8 Å². The van der Waals surface area contributed by atoms with E-state index in [1.54, 1.807) is 0 Å². The number of carboxylic acid groups (broad SMARTS) is 1. The first-order valence-electron chi connectivity index (χ1n) is 7.01. The normalized spacial score (nSPS) is 20.7. The molecule has 0 saturated carbocycles. The fourth-order valence-corrected chi connectivity index (χ4v) is 4.21. The SMILES string of the molecule is CCCC1(C(=O)O)CCN(S(=O)(=O)C(C)C(=O)OC)CC1. The molecule has 0 bridgehead atoms. The lowest BCUT2D eigenvalue weighted by atomic mass is 9.75. The van der Waals surface area contributed by atoms with Gasteiger partial charge in [-0.25, -0.2) is 12.7 Å². The monoisotopic (exact) mass is 321 g/mol. The molecule has 0 aromatic carbocycles. The van der Waals surface area contributed by atoms with Crippen LogP contribution in [0.1, 0.15) is 39.5 Å². The van der Waals surface area contributed by atoms with Gasteiger partial charge in [-0.3, -0.25) is 9.59 Å². The number of nitrogens with zero attached hydrogens (tertiary/aromatic N) is 1. The predicted octanol–water partition coefficient (Wildman–Crippen LogP) is 0.845. The third kappa shape index (κ3) is 3.55. The van der Waals surface area contributed by atoms with Crippen molar-refractivity contribution >= 4 is 22.0 Å². The highest BCUT2D eigenvalue weighted by molar-refractivity contribution is 7.90. The summed E-state index contributed by atoms with van der Waals surface area (Å²) in [6.07, 6.45) is 1.80. The molecule has 8 heteroatoms. The number of methoxy groups -OCH3 is 1. The van der Waals surface area contributed by atoms with E-state index in [4.69, 9.17) is 0 Å². The molecule has 1 aliphatic rings. The van der Waals surface area contributed by atoms with Gasteiger partial charge in [-0.2, -0.15) is 0 Å². The van der Waals surface area contributed by atoms with E-state index >= 15 is 0 Å². The number of sulfonamides is 1. The molecule has 1 saturated heterocycles. The number of hydrogen-bond donors (Lipinski definition) is 1. The van der Waals surface area contributed by atoms with Gasteiger partial charge < -0.3 is 9.84 Å². The van der Waals surface area contributed by atoms with Gasteiger partial charge in [-0.1, -0.05) is 13.3 Å². The lowest BCUT2D eigenvalue weighted by molar-refractivity contribution is -0.152. The molecule has 122 valence electrons. The average molecular weight is 321 g/mol. The van der Waals surface area contributed by atoms with Crippen molar-refractivity contribution in [3.63, 3.8) is 0 Å². The van der Waals surface area contributed by atoms with Crippen LogP contribution in [0.4, 0.5) is 0 Å². The molecule has 0 radical (unpaired) electrons. The standard InChI is InChI=1S/C13H23NO6S/c1-4-5-13(12(16)17)6-8-14(9-7-13)21(18,19)10(2)11(15)20-3/h10H,4-9H2,1-3H3,(H,16,17). The molecule has 0 amide bonds. The van der Waals surface area contributed by atoms with Crippen LogP contribution in [-0.4, -0.2) is 55.2 Å². The molecule has 21 heavy (non-hydrogen) atoms. The maximum atomic E-state index is 12.3. The maximum Gasteiger partial charge on any atom is 0.325 e. The van der Waals surface area contributed by atoms with E-state index in [1.165, 1.54) is 11.2 Å². The van der Waals surface area contributed by atoms with Gasteiger partial charge in [0, 0.05) is 13.1 Å². The summed E-state index contributed by atoms with van der Waals surface area (Å²) in [4.78, 5) is 22.9. The van der Waals surface area contributed by atoms with Gasteiger partial charge in [0.1, 0.15) is 0 Å². The van der Waals surface area contributed by atoms with Crippen molar-refractivity contribution in [3.05, 3.63) is 0 Å². The molecule has 0 aromatic heterocycles. The average Bonchev–Trinajstić information content (AvgIpc) is 2.46. The smallest absolute Gasteiger partial charge is 0.325 e. The highest BCUT2D eigenvalue weighted by atomic mass is 32.2. The Morgan fingerprint density at radius 3 is 2.24 bits per heavy atom. The van der Waals surface area contributed by atoms with E-state index in [2.05, 4.69) is 4.74 Å². The Labute approximate surface area is 125 Å².